The van der Waals surface area contributed by atoms with Crippen molar-refractivity contribution in [2.45, 2.75) is 19.4 Å². The molecule has 1 N–H and O–H groups in total. The van der Waals surface area contributed by atoms with Gasteiger partial charge in [0.15, 0.2) is 11.5 Å². The summed E-state index contributed by atoms with van der Waals surface area (Å²) in [6.45, 7) is 2.77. The van der Waals surface area contributed by atoms with Crippen molar-refractivity contribution in [2.75, 3.05) is 6.54 Å². The van der Waals surface area contributed by atoms with E-state index in [9.17, 15) is 4.79 Å². The number of nitrogens with zero attached hydrogens (tertiary/aromatic N) is 2. The Kier molecular flexibility index (Phi) is 5.52. The SMILES string of the molecule is C[C@@H](CNC(=O)c1cc(COc2ccc3ncccc3c2)on1)c1ccccc1. The Bertz CT molecular complexity index is 1110. The summed E-state index contributed by atoms with van der Waals surface area (Å²) in [5, 5.41) is 7.74. The van der Waals surface area contributed by atoms with Gasteiger partial charge in [0.1, 0.15) is 12.4 Å². The summed E-state index contributed by atoms with van der Waals surface area (Å²) in [6.07, 6.45) is 1.75. The fourth-order valence-corrected chi connectivity index (χ4v) is 3.02. The molecule has 4 aromatic rings. The molecule has 4 rings (SSSR count). The minimum atomic E-state index is -0.264. The van der Waals surface area contributed by atoms with Crippen LogP contribution >= 0.6 is 0 Å². The Balaban J connectivity index is 1.32. The van der Waals surface area contributed by atoms with Gasteiger partial charge in [0, 0.05) is 24.2 Å². The fraction of sp³-hybridized carbons (Fsp3) is 0.174. The maximum atomic E-state index is 12.3. The average molecular weight is 387 g/mol. The second-order valence-electron chi connectivity index (χ2n) is 6.85. The largest absolute Gasteiger partial charge is 0.486 e. The number of hydrogen-bond acceptors (Lipinski definition) is 5. The van der Waals surface area contributed by atoms with Gasteiger partial charge >= 0.3 is 0 Å². The molecular formula is C23H21N3O3. The Morgan fingerprint density at radius 3 is 2.83 bits per heavy atom. The van der Waals surface area contributed by atoms with Gasteiger partial charge < -0.3 is 14.6 Å². The van der Waals surface area contributed by atoms with Crippen LogP contribution in [-0.2, 0) is 6.61 Å². The Labute approximate surface area is 168 Å². The first-order valence-electron chi connectivity index (χ1n) is 9.45. The van der Waals surface area contributed by atoms with Crippen LogP contribution in [0.15, 0.2) is 77.4 Å². The number of carbonyl (C=O) groups excluding carboxylic acids is 1. The van der Waals surface area contributed by atoms with Crippen LogP contribution in [0.5, 0.6) is 5.75 Å². The molecule has 6 heteroatoms. The quantitative estimate of drug-likeness (QED) is 0.511. The van der Waals surface area contributed by atoms with Crippen molar-refractivity contribution in [1.29, 1.82) is 0 Å². The van der Waals surface area contributed by atoms with Gasteiger partial charge in [-0.2, -0.15) is 0 Å². The highest BCUT2D eigenvalue weighted by Gasteiger charge is 2.14. The minimum Gasteiger partial charge on any atom is -0.486 e. The van der Waals surface area contributed by atoms with Gasteiger partial charge in [0.05, 0.1) is 5.52 Å². The lowest BCUT2D eigenvalue weighted by Crippen LogP contribution is -2.27. The normalized spacial score (nSPS) is 11.9. The van der Waals surface area contributed by atoms with Crippen LogP contribution in [-0.4, -0.2) is 22.6 Å². The van der Waals surface area contributed by atoms with E-state index in [1.165, 1.54) is 5.56 Å². The van der Waals surface area contributed by atoms with E-state index in [0.29, 0.717) is 18.1 Å². The molecule has 29 heavy (non-hydrogen) atoms. The molecule has 0 aliphatic heterocycles. The number of hydrogen-bond donors (Lipinski definition) is 1. The fourth-order valence-electron chi connectivity index (χ4n) is 3.02. The first-order valence-corrected chi connectivity index (χ1v) is 9.45. The molecule has 2 heterocycles. The zero-order valence-corrected chi connectivity index (χ0v) is 16.0. The third kappa shape index (κ3) is 4.60. The number of pyridine rings is 1. The molecule has 2 aromatic carbocycles. The zero-order valence-electron chi connectivity index (χ0n) is 16.0. The molecule has 0 saturated heterocycles. The summed E-state index contributed by atoms with van der Waals surface area (Å²) < 4.78 is 11.0. The van der Waals surface area contributed by atoms with Crippen LogP contribution < -0.4 is 10.1 Å². The number of amides is 1. The monoisotopic (exact) mass is 387 g/mol. The topological polar surface area (TPSA) is 77.2 Å². The summed E-state index contributed by atoms with van der Waals surface area (Å²) in [6, 6.07) is 21.2. The van der Waals surface area contributed by atoms with Crippen molar-refractivity contribution in [2.24, 2.45) is 0 Å². The third-order valence-corrected chi connectivity index (χ3v) is 4.68. The van der Waals surface area contributed by atoms with Crippen LogP contribution in [0.1, 0.15) is 34.7 Å². The molecule has 0 aliphatic carbocycles. The average Bonchev–Trinajstić information content (AvgIpc) is 3.25. The predicted octanol–water partition coefficient (Wildman–Crippen LogP) is 4.34. The molecule has 0 fully saturated rings. The van der Waals surface area contributed by atoms with Gasteiger partial charge in [-0.3, -0.25) is 9.78 Å². The summed E-state index contributed by atoms with van der Waals surface area (Å²) in [7, 11) is 0. The third-order valence-electron chi connectivity index (χ3n) is 4.68. The summed E-state index contributed by atoms with van der Waals surface area (Å²) in [5.74, 6) is 1.12. The Hall–Kier alpha value is -3.67. The maximum absolute atomic E-state index is 12.3. The van der Waals surface area contributed by atoms with Crippen molar-refractivity contribution in [3.63, 3.8) is 0 Å². The van der Waals surface area contributed by atoms with Crippen molar-refractivity contribution in [1.82, 2.24) is 15.5 Å². The first-order chi connectivity index (χ1) is 14.2. The van der Waals surface area contributed by atoms with E-state index < -0.39 is 0 Å². The molecule has 0 bridgehead atoms. The number of nitrogens with one attached hydrogen (secondary N) is 1. The molecular weight excluding hydrogens is 366 g/mol. The summed E-state index contributed by atoms with van der Waals surface area (Å²) in [5.41, 5.74) is 2.32. The molecule has 0 radical (unpaired) electrons. The molecule has 2 aromatic heterocycles. The predicted molar refractivity (Wildman–Crippen MR) is 110 cm³/mol. The van der Waals surface area contributed by atoms with Crippen LogP contribution in [0.3, 0.4) is 0 Å². The molecule has 0 aliphatic rings. The number of aromatic nitrogens is 2. The number of ether oxygens (including phenoxy) is 1. The van der Waals surface area contributed by atoms with Gasteiger partial charge in [-0.15, -0.1) is 0 Å². The highest BCUT2D eigenvalue weighted by Crippen LogP contribution is 2.20. The number of rotatable bonds is 7. The lowest BCUT2D eigenvalue weighted by atomic mass is 10.0. The van der Waals surface area contributed by atoms with Crippen LogP contribution in [0.25, 0.3) is 10.9 Å². The second kappa shape index (κ2) is 8.56. The molecule has 0 spiro atoms. The van der Waals surface area contributed by atoms with Gasteiger partial charge in [-0.05, 0) is 35.7 Å². The Morgan fingerprint density at radius 2 is 1.97 bits per heavy atom. The number of carbonyl (C=O) groups is 1. The molecule has 0 unspecified atom stereocenters. The lowest BCUT2D eigenvalue weighted by molar-refractivity contribution is 0.0942. The van der Waals surface area contributed by atoms with E-state index in [1.54, 1.807) is 12.3 Å². The van der Waals surface area contributed by atoms with Crippen molar-refractivity contribution >= 4 is 16.8 Å². The van der Waals surface area contributed by atoms with Gasteiger partial charge in [0.25, 0.3) is 5.91 Å². The first kappa shape index (κ1) is 18.7. The van der Waals surface area contributed by atoms with E-state index in [-0.39, 0.29) is 24.1 Å². The zero-order chi connectivity index (χ0) is 20.1. The number of fused-ring (bicyclic) bond motifs is 1. The van der Waals surface area contributed by atoms with E-state index >= 15 is 0 Å². The van der Waals surface area contributed by atoms with Crippen molar-refractivity contribution < 1.29 is 14.1 Å². The van der Waals surface area contributed by atoms with Crippen LogP contribution in [0.4, 0.5) is 0 Å². The molecule has 6 nitrogen and oxygen atoms in total. The standard InChI is InChI=1S/C23H21N3O3/c1-16(17-6-3-2-4-7-17)14-25-23(27)22-13-20(29-26-22)15-28-19-9-10-21-18(12-19)8-5-11-24-21/h2-13,16H,14-15H2,1H3,(H,25,27)/t16-/m0/s1. The molecule has 1 atom stereocenters. The molecule has 0 saturated carbocycles. The smallest absolute Gasteiger partial charge is 0.273 e. The minimum absolute atomic E-state index is 0.187. The summed E-state index contributed by atoms with van der Waals surface area (Å²) >= 11 is 0. The molecule has 146 valence electrons. The van der Waals surface area contributed by atoms with E-state index in [4.69, 9.17) is 9.26 Å². The second-order valence-corrected chi connectivity index (χ2v) is 6.85. The lowest BCUT2D eigenvalue weighted by Gasteiger charge is -2.12. The van der Waals surface area contributed by atoms with Crippen molar-refractivity contribution in [3.05, 3.63) is 89.9 Å². The van der Waals surface area contributed by atoms with E-state index in [0.717, 1.165) is 10.9 Å². The maximum Gasteiger partial charge on any atom is 0.273 e. The van der Waals surface area contributed by atoms with Crippen molar-refractivity contribution in [3.8, 4) is 5.75 Å². The van der Waals surface area contributed by atoms with Gasteiger partial charge in [-0.25, -0.2) is 0 Å². The summed E-state index contributed by atoms with van der Waals surface area (Å²) in [4.78, 5) is 16.6. The molecule has 1 amide bonds. The van der Waals surface area contributed by atoms with E-state index in [2.05, 4.69) is 22.4 Å². The van der Waals surface area contributed by atoms with E-state index in [1.807, 2.05) is 60.7 Å². The van der Waals surface area contributed by atoms with Gasteiger partial charge in [0.2, 0.25) is 0 Å². The van der Waals surface area contributed by atoms with Gasteiger partial charge in [-0.1, -0.05) is 48.5 Å². The van der Waals surface area contributed by atoms with Crippen LogP contribution in [0, 0.1) is 0 Å². The highest BCUT2D eigenvalue weighted by molar-refractivity contribution is 5.92. The highest BCUT2D eigenvalue weighted by atomic mass is 16.5. The van der Waals surface area contributed by atoms with Crippen LogP contribution in [0.2, 0.25) is 0 Å². The Morgan fingerprint density at radius 1 is 1.10 bits per heavy atom. The number of benzene rings is 2.